The molecule has 0 aliphatic rings. The Morgan fingerprint density at radius 1 is 1.56 bits per heavy atom. The van der Waals surface area contributed by atoms with Gasteiger partial charge in [-0.15, -0.1) is 0 Å². The molecule has 1 aromatic rings. The second kappa shape index (κ2) is 7.90. The predicted molar refractivity (Wildman–Crippen MR) is 69.0 cm³/mol. The summed E-state index contributed by atoms with van der Waals surface area (Å²) in [6, 6.07) is 3.34. The van der Waals surface area contributed by atoms with Crippen LogP contribution < -0.4 is 10.6 Å². The van der Waals surface area contributed by atoms with E-state index in [2.05, 4.69) is 20.6 Å². The summed E-state index contributed by atoms with van der Waals surface area (Å²) >= 11 is 0. The van der Waals surface area contributed by atoms with E-state index >= 15 is 0 Å². The van der Waals surface area contributed by atoms with Gasteiger partial charge < -0.3 is 10.4 Å². The molecule has 0 aliphatic carbocycles. The first kappa shape index (κ1) is 13.8. The molecular weight excluding hydrogens is 230 g/mol. The molecule has 0 bridgehead atoms. The third kappa shape index (κ3) is 4.70. The fourth-order valence-corrected chi connectivity index (χ4v) is 1.48. The molecule has 3 N–H and O–H groups in total. The molecule has 1 rings (SSSR count). The Hall–Kier alpha value is -2.29. The molecule has 1 heterocycles. The highest BCUT2D eigenvalue weighted by Gasteiger charge is 2.01. The maximum absolute atomic E-state index is 9.52. The molecule has 0 fully saturated rings. The van der Waals surface area contributed by atoms with Gasteiger partial charge in [-0.3, -0.25) is 15.3 Å². The van der Waals surface area contributed by atoms with Crippen LogP contribution in [0, 0.1) is 11.5 Å². The van der Waals surface area contributed by atoms with Gasteiger partial charge >= 0.3 is 0 Å². The maximum Gasteiger partial charge on any atom is 0.204 e. The van der Waals surface area contributed by atoms with Crippen molar-refractivity contribution in [3.05, 3.63) is 24.0 Å². The summed E-state index contributed by atoms with van der Waals surface area (Å²) in [6.45, 7) is 0.717. The van der Waals surface area contributed by atoms with Crippen LogP contribution in [0.5, 0.6) is 5.75 Å². The van der Waals surface area contributed by atoms with Gasteiger partial charge in [0.15, 0.2) is 6.19 Å². The van der Waals surface area contributed by atoms with Crippen LogP contribution >= 0.6 is 0 Å². The number of hydrogen-bond donors (Lipinski definition) is 3. The van der Waals surface area contributed by atoms with Crippen LogP contribution in [0.2, 0.25) is 0 Å². The Morgan fingerprint density at radius 2 is 2.39 bits per heavy atom. The van der Waals surface area contributed by atoms with E-state index in [1.54, 1.807) is 31.6 Å². The van der Waals surface area contributed by atoms with Crippen molar-refractivity contribution in [2.24, 2.45) is 4.99 Å². The van der Waals surface area contributed by atoms with E-state index in [0.29, 0.717) is 5.96 Å². The zero-order chi connectivity index (χ0) is 13.2. The summed E-state index contributed by atoms with van der Waals surface area (Å²) in [4.78, 5) is 7.97. The summed E-state index contributed by atoms with van der Waals surface area (Å²) < 4.78 is 0. The average molecular weight is 247 g/mol. The molecule has 6 heteroatoms. The normalized spacial score (nSPS) is 10.8. The Bertz CT molecular complexity index is 438. The van der Waals surface area contributed by atoms with Gasteiger partial charge in [0.05, 0.1) is 5.69 Å². The molecule has 6 nitrogen and oxygen atoms in total. The first-order valence-electron chi connectivity index (χ1n) is 5.76. The summed E-state index contributed by atoms with van der Waals surface area (Å²) in [5, 5.41) is 23.4. The van der Waals surface area contributed by atoms with E-state index in [-0.39, 0.29) is 5.75 Å². The van der Waals surface area contributed by atoms with Crippen LogP contribution in [0.15, 0.2) is 23.3 Å². The largest absolute Gasteiger partial charge is 0.506 e. The SMILES string of the molecule is CN=C(NC#N)NCCCCc1ncccc1O. The Labute approximate surface area is 106 Å². The van der Waals surface area contributed by atoms with Gasteiger partial charge in [0.25, 0.3) is 0 Å². The van der Waals surface area contributed by atoms with Crippen molar-refractivity contribution in [3.8, 4) is 11.9 Å². The Morgan fingerprint density at radius 3 is 3.06 bits per heavy atom. The number of nitrogens with one attached hydrogen (secondary N) is 2. The molecule has 0 saturated carbocycles. The van der Waals surface area contributed by atoms with Crippen LogP contribution in [0.3, 0.4) is 0 Å². The Kier molecular flexibility index (Phi) is 6.04. The number of pyridine rings is 1. The minimum atomic E-state index is 0.243. The number of aromatic hydroxyl groups is 1. The number of hydrogen-bond acceptors (Lipinski definition) is 4. The zero-order valence-electron chi connectivity index (χ0n) is 10.3. The quantitative estimate of drug-likeness (QED) is 0.235. The first-order valence-corrected chi connectivity index (χ1v) is 5.76. The summed E-state index contributed by atoms with van der Waals surface area (Å²) in [6.07, 6.45) is 6.02. The van der Waals surface area contributed by atoms with E-state index < -0.39 is 0 Å². The monoisotopic (exact) mass is 247 g/mol. The zero-order valence-corrected chi connectivity index (χ0v) is 10.3. The van der Waals surface area contributed by atoms with Crippen LogP contribution in [0.25, 0.3) is 0 Å². The van der Waals surface area contributed by atoms with Crippen molar-refractivity contribution in [2.45, 2.75) is 19.3 Å². The maximum atomic E-state index is 9.52. The van der Waals surface area contributed by atoms with Crippen molar-refractivity contribution in [2.75, 3.05) is 13.6 Å². The summed E-state index contributed by atoms with van der Waals surface area (Å²) in [7, 11) is 1.61. The molecular formula is C12H17N5O. The molecule has 0 aromatic carbocycles. The fourth-order valence-electron chi connectivity index (χ4n) is 1.48. The van der Waals surface area contributed by atoms with E-state index in [1.165, 1.54) is 0 Å². The minimum Gasteiger partial charge on any atom is -0.506 e. The molecule has 96 valence electrons. The topological polar surface area (TPSA) is 93.3 Å². The molecule has 0 radical (unpaired) electrons. The molecule has 0 saturated heterocycles. The van der Waals surface area contributed by atoms with Gasteiger partial charge in [0, 0.05) is 19.8 Å². The minimum absolute atomic E-state index is 0.243. The lowest BCUT2D eigenvalue weighted by Crippen LogP contribution is -2.34. The van der Waals surface area contributed by atoms with E-state index in [4.69, 9.17) is 5.26 Å². The van der Waals surface area contributed by atoms with Crippen molar-refractivity contribution < 1.29 is 5.11 Å². The number of aryl methyl sites for hydroxylation is 1. The third-order valence-electron chi connectivity index (χ3n) is 2.40. The summed E-state index contributed by atoms with van der Waals surface area (Å²) in [5.41, 5.74) is 0.719. The lowest BCUT2D eigenvalue weighted by atomic mass is 10.1. The van der Waals surface area contributed by atoms with Crippen molar-refractivity contribution in [1.82, 2.24) is 15.6 Å². The summed E-state index contributed by atoms with van der Waals surface area (Å²) in [5.74, 6) is 0.714. The number of unbranched alkanes of at least 4 members (excludes halogenated alkanes) is 1. The number of aromatic nitrogens is 1. The fraction of sp³-hybridized carbons (Fsp3) is 0.417. The standard InChI is InChI=1S/C12H17N5O/c1-14-12(17-9-13)16-7-3-2-5-10-11(18)6-4-8-15-10/h4,6,8,18H,2-3,5,7H2,1H3,(H2,14,16,17). The lowest BCUT2D eigenvalue weighted by Gasteiger charge is -2.07. The van der Waals surface area contributed by atoms with Crippen molar-refractivity contribution >= 4 is 5.96 Å². The van der Waals surface area contributed by atoms with Crippen LogP contribution in [-0.4, -0.2) is 29.6 Å². The predicted octanol–water partition coefficient (Wildman–Crippen LogP) is 0.756. The molecule has 0 spiro atoms. The number of guanidine groups is 1. The van der Waals surface area contributed by atoms with Gasteiger partial charge in [-0.2, -0.15) is 5.26 Å². The molecule has 0 atom stereocenters. The van der Waals surface area contributed by atoms with Crippen molar-refractivity contribution in [1.29, 1.82) is 5.26 Å². The van der Waals surface area contributed by atoms with Crippen LogP contribution in [0.1, 0.15) is 18.5 Å². The highest BCUT2D eigenvalue weighted by Crippen LogP contribution is 2.14. The van der Waals surface area contributed by atoms with Crippen LogP contribution in [-0.2, 0) is 6.42 Å². The molecule has 0 unspecified atom stereocenters. The average Bonchev–Trinajstić information content (AvgIpc) is 2.39. The second-order valence-corrected chi connectivity index (χ2v) is 3.66. The van der Waals surface area contributed by atoms with E-state index in [1.807, 2.05) is 0 Å². The van der Waals surface area contributed by atoms with Gasteiger partial charge in [-0.25, -0.2) is 0 Å². The number of rotatable bonds is 5. The first-order chi connectivity index (χ1) is 8.77. The van der Waals surface area contributed by atoms with Crippen LogP contribution in [0.4, 0.5) is 0 Å². The van der Waals surface area contributed by atoms with E-state index in [0.717, 1.165) is 31.5 Å². The lowest BCUT2D eigenvalue weighted by molar-refractivity contribution is 0.462. The molecule has 18 heavy (non-hydrogen) atoms. The number of nitrogens with zero attached hydrogens (tertiary/aromatic N) is 3. The van der Waals surface area contributed by atoms with Gasteiger partial charge in [-0.05, 0) is 31.4 Å². The number of aliphatic imine (C=N–C) groups is 1. The smallest absolute Gasteiger partial charge is 0.204 e. The molecule has 1 aromatic heterocycles. The van der Waals surface area contributed by atoms with Gasteiger partial charge in [0.2, 0.25) is 5.96 Å². The van der Waals surface area contributed by atoms with E-state index in [9.17, 15) is 5.11 Å². The Balaban J connectivity index is 2.20. The van der Waals surface area contributed by atoms with Gasteiger partial charge in [-0.1, -0.05) is 0 Å². The van der Waals surface area contributed by atoms with Crippen molar-refractivity contribution in [3.63, 3.8) is 0 Å². The highest BCUT2D eigenvalue weighted by atomic mass is 16.3. The molecule has 0 aliphatic heterocycles. The van der Waals surface area contributed by atoms with Gasteiger partial charge in [0.1, 0.15) is 5.75 Å². The second-order valence-electron chi connectivity index (χ2n) is 3.66. The highest BCUT2D eigenvalue weighted by molar-refractivity contribution is 5.80. The number of nitriles is 1. The molecule has 0 amide bonds. The third-order valence-corrected chi connectivity index (χ3v) is 2.40.